The number of nitriles is 1. The number of thiophene rings is 1. The van der Waals surface area contributed by atoms with Gasteiger partial charge < -0.3 is 5.11 Å². The van der Waals surface area contributed by atoms with Crippen LogP contribution in [0.3, 0.4) is 0 Å². The molecule has 1 aliphatic rings. The van der Waals surface area contributed by atoms with Crippen molar-refractivity contribution < 1.29 is 5.11 Å². The summed E-state index contributed by atoms with van der Waals surface area (Å²) >= 11 is 7.25. The number of halogens is 1. The topological polar surface area (TPSA) is 44.0 Å². The normalized spacial score (nSPS) is 30.8. The number of aliphatic hydroxyl groups is 1. The smallest absolute Gasteiger partial charge is 0.107 e. The number of hydrogen-bond donors (Lipinski definition) is 1. The molecule has 0 aliphatic heterocycles. The summed E-state index contributed by atoms with van der Waals surface area (Å²) < 4.78 is 0.663. The minimum absolute atomic E-state index is 0.610. The Hall–Kier alpha value is -0.560. The fraction of sp³-hybridized carbons (Fsp3) is 0.615. The monoisotopic (exact) mass is 269 g/mol. The summed E-state index contributed by atoms with van der Waals surface area (Å²) in [4.78, 5) is 0.811. The third-order valence-electron chi connectivity index (χ3n) is 3.78. The number of nitrogens with zero attached hydrogens (tertiary/aromatic N) is 1. The first-order valence-corrected chi connectivity index (χ1v) is 7.11. The first kappa shape index (κ1) is 12.9. The first-order chi connectivity index (χ1) is 8.07. The molecule has 1 aromatic heterocycles. The average Bonchev–Trinajstić information content (AvgIpc) is 2.76. The van der Waals surface area contributed by atoms with E-state index >= 15 is 0 Å². The van der Waals surface area contributed by atoms with Crippen LogP contribution in [0.15, 0.2) is 12.1 Å². The van der Waals surface area contributed by atoms with Crippen LogP contribution in [-0.2, 0) is 0 Å². The van der Waals surface area contributed by atoms with Gasteiger partial charge in [0, 0.05) is 4.88 Å². The van der Waals surface area contributed by atoms with E-state index in [1.54, 1.807) is 6.07 Å². The van der Waals surface area contributed by atoms with E-state index in [2.05, 4.69) is 13.0 Å². The Morgan fingerprint density at radius 2 is 2.18 bits per heavy atom. The third-order valence-corrected chi connectivity index (χ3v) is 5.06. The number of aliphatic hydroxyl groups excluding tert-OH is 1. The fourth-order valence-corrected chi connectivity index (χ4v) is 3.64. The second-order valence-electron chi connectivity index (χ2n) is 4.99. The molecule has 0 bridgehead atoms. The van der Waals surface area contributed by atoms with Crippen LogP contribution in [0.25, 0.3) is 0 Å². The fourth-order valence-electron chi connectivity index (χ4n) is 2.47. The van der Waals surface area contributed by atoms with Crippen LogP contribution in [-0.4, -0.2) is 5.11 Å². The van der Waals surface area contributed by atoms with Crippen molar-refractivity contribution in [1.29, 1.82) is 5.26 Å². The minimum atomic E-state index is -0.697. The maximum Gasteiger partial charge on any atom is 0.107 e. The van der Waals surface area contributed by atoms with Crippen LogP contribution >= 0.6 is 22.9 Å². The van der Waals surface area contributed by atoms with E-state index in [0.29, 0.717) is 10.3 Å². The second-order valence-corrected chi connectivity index (χ2v) is 6.74. The molecule has 1 unspecified atom stereocenters. The minimum Gasteiger partial charge on any atom is -0.386 e. The van der Waals surface area contributed by atoms with Crippen LogP contribution < -0.4 is 0 Å². The molecule has 1 atom stereocenters. The maximum atomic E-state index is 10.4. The largest absolute Gasteiger partial charge is 0.386 e. The number of hydrogen-bond acceptors (Lipinski definition) is 3. The Morgan fingerprint density at radius 1 is 1.53 bits per heavy atom. The van der Waals surface area contributed by atoms with Gasteiger partial charge in [0.15, 0.2) is 0 Å². The van der Waals surface area contributed by atoms with Crippen molar-refractivity contribution in [2.24, 2.45) is 11.3 Å². The zero-order valence-electron chi connectivity index (χ0n) is 9.82. The van der Waals surface area contributed by atoms with E-state index in [1.807, 2.05) is 6.07 Å². The molecule has 17 heavy (non-hydrogen) atoms. The molecule has 92 valence electrons. The summed E-state index contributed by atoms with van der Waals surface area (Å²) in [6.45, 7) is 2.20. The van der Waals surface area contributed by atoms with E-state index in [0.717, 1.165) is 30.6 Å². The third kappa shape index (κ3) is 2.49. The lowest BCUT2D eigenvalue weighted by molar-refractivity contribution is 0.0292. The standard InChI is InChI=1S/C13H16ClNOS/c1-9-4-6-13(8-15,7-5-9)12(16)10-2-3-11(14)17-10/h2-3,9,12,16H,4-7H2,1H3. The Bertz CT molecular complexity index is 429. The van der Waals surface area contributed by atoms with Gasteiger partial charge in [-0.2, -0.15) is 5.26 Å². The highest BCUT2D eigenvalue weighted by Gasteiger charge is 2.42. The van der Waals surface area contributed by atoms with Crippen molar-refractivity contribution in [3.05, 3.63) is 21.3 Å². The Kier molecular flexibility index (Phi) is 3.77. The molecule has 4 heteroatoms. The summed E-state index contributed by atoms with van der Waals surface area (Å²) in [5.41, 5.74) is -0.610. The van der Waals surface area contributed by atoms with Gasteiger partial charge in [0.05, 0.1) is 15.8 Å². The summed E-state index contributed by atoms with van der Waals surface area (Å²) in [7, 11) is 0. The quantitative estimate of drug-likeness (QED) is 0.876. The van der Waals surface area contributed by atoms with E-state index in [1.165, 1.54) is 11.3 Å². The van der Waals surface area contributed by atoms with E-state index in [-0.39, 0.29) is 0 Å². The average molecular weight is 270 g/mol. The molecule has 1 heterocycles. The molecule has 1 fully saturated rings. The van der Waals surface area contributed by atoms with Gasteiger partial charge in [-0.25, -0.2) is 0 Å². The van der Waals surface area contributed by atoms with Crippen molar-refractivity contribution >= 4 is 22.9 Å². The van der Waals surface area contributed by atoms with Crippen LogP contribution in [0.2, 0.25) is 4.34 Å². The van der Waals surface area contributed by atoms with Crippen molar-refractivity contribution in [3.63, 3.8) is 0 Å². The molecular formula is C13H16ClNOS. The van der Waals surface area contributed by atoms with E-state index in [9.17, 15) is 10.4 Å². The van der Waals surface area contributed by atoms with Gasteiger partial charge in [0.2, 0.25) is 0 Å². The molecule has 2 nitrogen and oxygen atoms in total. The van der Waals surface area contributed by atoms with Gasteiger partial charge in [-0.1, -0.05) is 18.5 Å². The zero-order valence-corrected chi connectivity index (χ0v) is 11.4. The van der Waals surface area contributed by atoms with Gasteiger partial charge in [-0.3, -0.25) is 0 Å². The highest BCUT2D eigenvalue weighted by Crippen LogP contribution is 2.48. The molecule has 0 saturated heterocycles. The van der Waals surface area contributed by atoms with Gasteiger partial charge in [-0.05, 0) is 43.7 Å². The molecule has 1 aromatic rings. The molecule has 1 saturated carbocycles. The molecule has 0 amide bonds. The molecule has 0 radical (unpaired) electrons. The highest BCUT2D eigenvalue weighted by atomic mass is 35.5. The van der Waals surface area contributed by atoms with E-state index < -0.39 is 11.5 Å². The summed E-state index contributed by atoms with van der Waals surface area (Å²) in [6.07, 6.45) is 2.90. The highest BCUT2D eigenvalue weighted by molar-refractivity contribution is 7.16. The van der Waals surface area contributed by atoms with Crippen molar-refractivity contribution in [1.82, 2.24) is 0 Å². The maximum absolute atomic E-state index is 10.4. The Balaban J connectivity index is 2.21. The Labute approximate surface area is 111 Å². The van der Waals surface area contributed by atoms with Gasteiger partial charge >= 0.3 is 0 Å². The lowest BCUT2D eigenvalue weighted by atomic mass is 9.68. The SMILES string of the molecule is CC1CCC(C#N)(C(O)c2ccc(Cl)s2)CC1. The molecule has 2 rings (SSSR count). The van der Waals surface area contributed by atoms with Gasteiger partial charge in [-0.15, -0.1) is 11.3 Å². The van der Waals surface area contributed by atoms with Crippen LogP contribution in [0.1, 0.15) is 43.6 Å². The molecule has 1 N–H and O–H groups in total. The van der Waals surface area contributed by atoms with E-state index in [4.69, 9.17) is 11.6 Å². The lowest BCUT2D eigenvalue weighted by Crippen LogP contribution is -2.31. The second kappa shape index (κ2) is 4.97. The molecule has 0 aromatic carbocycles. The predicted molar refractivity (Wildman–Crippen MR) is 70.0 cm³/mol. The molecular weight excluding hydrogens is 254 g/mol. The molecule has 1 aliphatic carbocycles. The predicted octanol–water partition coefficient (Wildman–Crippen LogP) is 4.15. The van der Waals surface area contributed by atoms with Crippen LogP contribution in [0.4, 0.5) is 0 Å². The lowest BCUT2D eigenvalue weighted by Gasteiger charge is -2.36. The Morgan fingerprint density at radius 3 is 2.65 bits per heavy atom. The van der Waals surface area contributed by atoms with Crippen molar-refractivity contribution in [2.75, 3.05) is 0 Å². The van der Waals surface area contributed by atoms with Crippen LogP contribution in [0, 0.1) is 22.7 Å². The van der Waals surface area contributed by atoms with Crippen molar-refractivity contribution in [2.45, 2.75) is 38.7 Å². The summed E-state index contributed by atoms with van der Waals surface area (Å²) in [5, 5.41) is 19.9. The van der Waals surface area contributed by atoms with Gasteiger partial charge in [0.1, 0.15) is 6.10 Å². The summed E-state index contributed by atoms with van der Waals surface area (Å²) in [6, 6.07) is 5.97. The van der Waals surface area contributed by atoms with Crippen molar-refractivity contribution in [3.8, 4) is 6.07 Å². The van der Waals surface area contributed by atoms with Gasteiger partial charge in [0.25, 0.3) is 0 Å². The zero-order chi connectivity index (χ0) is 12.5. The number of rotatable bonds is 2. The first-order valence-electron chi connectivity index (χ1n) is 5.92. The summed E-state index contributed by atoms with van der Waals surface area (Å²) in [5.74, 6) is 0.663. The van der Waals surface area contributed by atoms with Crippen LogP contribution in [0.5, 0.6) is 0 Å². The molecule has 0 spiro atoms.